The maximum absolute atomic E-state index is 12.1. The van der Waals surface area contributed by atoms with Crippen molar-refractivity contribution in [2.45, 2.75) is 6.92 Å². The second-order valence-electron chi connectivity index (χ2n) is 6.70. The molecule has 2 N–H and O–H groups in total. The average molecular weight is 373 g/mol. The van der Waals surface area contributed by atoms with Crippen molar-refractivity contribution in [2.24, 2.45) is 0 Å². The van der Waals surface area contributed by atoms with Gasteiger partial charge in [0.25, 0.3) is 0 Å². The largest absolute Gasteiger partial charge is 0.376 e. The predicted octanol–water partition coefficient (Wildman–Crippen LogP) is 3.45. The highest BCUT2D eigenvalue weighted by molar-refractivity contribution is 6.30. The Bertz CT molecular complexity index is 755. The van der Waals surface area contributed by atoms with E-state index in [1.165, 1.54) is 5.69 Å². The van der Waals surface area contributed by atoms with Gasteiger partial charge in [0.1, 0.15) is 0 Å². The number of rotatable bonds is 5. The van der Waals surface area contributed by atoms with E-state index in [2.05, 4.69) is 39.6 Å². The van der Waals surface area contributed by atoms with Crippen molar-refractivity contribution >= 4 is 34.6 Å². The minimum atomic E-state index is -0.0847. The highest BCUT2D eigenvalue weighted by Crippen LogP contribution is 2.20. The van der Waals surface area contributed by atoms with Gasteiger partial charge in [0, 0.05) is 48.3 Å². The van der Waals surface area contributed by atoms with Crippen molar-refractivity contribution in [3.05, 3.63) is 53.1 Å². The number of carbonyl (C=O) groups excluding carboxylic acids is 1. The zero-order chi connectivity index (χ0) is 18.5. The van der Waals surface area contributed by atoms with E-state index in [4.69, 9.17) is 11.6 Å². The summed E-state index contributed by atoms with van der Waals surface area (Å²) >= 11 is 5.94. The highest BCUT2D eigenvalue weighted by Gasteiger charge is 2.14. The lowest BCUT2D eigenvalue weighted by Gasteiger charge is -2.34. The van der Waals surface area contributed by atoms with Gasteiger partial charge in [-0.25, -0.2) is 0 Å². The Morgan fingerprint density at radius 3 is 2.42 bits per heavy atom. The number of piperazine rings is 1. The number of hydrogen-bond donors (Lipinski definition) is 2. The molecule has 1 aliphatic rings. The third-order valence-electron chi connectivity index (χ3n) is 4.65. The molecule has 0 bridgehead atoms. The molecule has 1 heterocycles. The fourth-order valence-electron chi connectivity index (χ4n) is 3.00. The predicted molar refractivity (Wildman–Crippen MR) is 109 cm³/mol. The molecule has 0 unspecified atom stereocenters. The molecule has 2 aromatic rings. The van der Waals surface area contributed by atoms with Gasteiger partial charge < -0.3 is 20.4 Å². The fraction of sp³-hybridized carbons (Fsp3) is 0.350. The number of amides is 1. The van der Waals surface area contributed by atoms with Gasteiger partial charge in [-0.05, 0) is 62.0 Å². The van der Waals surface area contributed by atoms with Gasteiger partial charge >= 0.3 is 0 Å². The van der Waals surface area contributed by atoms with Crippen LogP contribution in [0.15, 0.2) is 42.5 Å². The van der Waals surface area contributed by atoms with E-state index in [1.54, 1.807) is 6.07 Å². The molecule has 0 spiro atoms. The van der Waals surface area contributed by atoms with Crippen molar-refractivity contribution in [3.8, 4) is 0 Å². The van der Waals surface area contributed by atoms with Gasteiger partial charge in [-0.15, -0.1) is 0 Å². The zero-order valence-corrected chi connectivity index (χ0v) is 16.0. The number of halogens is 1. The van der Waals surface area contributed by atoms with Gasteiger partial charge in [0.2, 0.25) is 5.91 Å². The van der Waals surface area contributed by atoms with Gasteiger partial charge in [0.15, 0.2) is 0 Å². The van der Waals surface area contributed by atoms with Crippen LogP contribution in [0, 0.1) is 6.92 Å². The molecule has 5 nitrogen and oxygen atoms in total. The Hall–Kier alpha value is -2.24. The van der Waals surface area contributed by atoms with Crippen LogP contribution >= 0.6 is 11.6 Å². The molecule has 1 saturated heterocycles. The Labute approximate surface area is 159 Å². The number of carbonyl (C=O) groups is 1. The summed E-state index contributed by atoms with van der Waals surface area (Å²) in [6, 6.07) is 13.7. The standard InChI is InChI=1S/C20H25ClN4O/c1-15-13-16(21)3-8-19(15)23-20(26)14-22-17-4-6-18(7-5-17)25-11-9-24(2)10-12-25/h3-8,13,22H,9-12,14H2,1-2H3,(H,23,26). The van der Waals surface area contributed by atoms with E-state index in [9.17, 15) is 4.79 Å². The van der Waals surface area contributed by atoms with E-state index in [0.717, 1.165) is 43.1 Å². The maximum Gasteiger partial charge on any atom is 0.243 e. The lowest BCUT2D eigenvalue weighted by atomic mass is 10.2. The third-order valence-corrected chi connectivity index (χ3v) is 4.89. The normalized spacial score (nSPS) is 15.0. The third kappa shape index (κ3) is 4.90. The smallest absolute Gasteiger partial charge is 0.243 e. The summed E-state index contributed by atoms with van der Waals surface area (Å²) in [7, 11) is 2.15. The lowest BCUT2D eigenvalue weighted by Crippen LogP contribution is -2.44. The zero-order valence-electron chi connectivity index (χ0n) is 15.3. The number of nitrogens with zero attached hydrogens (tertiary/aromatic N) is 2. The van der Waals surface area contributed by atoms with Crippen LogP contribution in [0.4, 0.5) is 17.1 Å². The minimum Gasteiger partial charge on any atom is -0.376 e. The molecule has 0 aromatic heterocycles. The van der Waals surface area contributed by atoms with Crippen LogP contribution in [0.2, 0.25) is 5.02 Å². The van der Waals surface area contributed by atoms with Crippen molar-refractivity contribution in [3.63, 3.8) is 0 Å². The number of benzene rings is 2. The van der Waals surface area contributed by atoms with Crippen molar-refractivity contribution in [1.29, 1.82) is 0 Å². The second kappa shape index (κ2) is 8.43. The summed E-state index contributed by atoms with van der Waals surface area (Å²) in [5.41, 5.74) is 3.89. The van der Waals surface area contributed by atoms with Crippen LogP contribution < -0.4 is 15.5 Å². The van der Waals surface area contributed by atoms with E-state index in [0.29, 0.717) is 5.02 Å². The lowest BCUT2D eigenvalue weighted by molar-refractivity contribution is -0.114. The topological polar surface area (TPSA) is 47.6 Å². The molecule has 1 aliphatic heterocycles. The van der Waals surface area contributed by atoms with Crippen molar-refractivity contribution < 1.29 is 4.79 Å². The first kappa shape index (κ1) is 18.5. The van der Waals surface area contributed by atoms with E-state index in [1.807, 2.05) is 31.2 Å². The van der Waals surface area contributed by atoms with Crippen molar-refractivity contribution in [1.82, 2.24) is 4.90 Å². The van der Waals surface area contributed by atoms with Crippen LogP contribution in [0.5, 0.6) is 0 Å². The van der Waals surface area contributed by atoms with Crippen LogP contribution in [0.1, 0.15) is 5.56 Å². The molecule has 0 aliphatic carbocycles. The minimum absolute atomic E-state index is 0.0847. The summed E-state index contributed by atoms with van der Waals surface area (Å²) in [5, 5.41) is 6.74. The summed E-state index contributed by atoms with van der Waals surface area (Å²) in [6.45, 7) is 6.41. The maximum atomic E-state index is 12.1. The quantitative estimate of drug-likeness (QED) is 0.844. The SMILES string of the molecule is Cc1cc(Cl)ccc1NC(=O)CNc1ccc(N2CCN(C)CC2)cc1. The highest BCUT2D eigenvalue weighted by atomic mass is 35.5. The van der Waals surface area contributed by atoms with Crippen LogP contribution in [0.25, 0.3) is 0 Å². The van der Waals surface area contributed by atoms with E-state index < -0.39 is 0 Å². The number of nitrogens with one attached hydrogen (secondary N) is 2. The molecule has 26 heavy (non-hydrogen) atoms. The van der Waals surface area contributed by atoms with Gasteiger partial charge in [0.05, 0.1) is 6.54 Å². The Morgan fingerprint density at radius 1 is 1.08 bits per heavy atom. The Morgan fingerprint density at radius 2 is 1.77 bits per heavy atom. The average Bonchev–Trinajstić information content (AvgIpc) is 2.63. The molecular weight excluding hydrogens is 348 g/mol. The molecule has 0 radical (unpaired) electrons. The molecule has 3 rings (SSSR count). The number of hydrogen-bond acceptors (Lipinski definition) is 4. The molecule has 1 amide bonds. The Kier molecular flexibility index (Phi) is 6.01. The molecule has 0 atom stereocenters. The summed E-state index contributed by atoms with van der Waals surface area (Å²) < 4.78 is 0. The van der Waals surface area contributed by atoms with Crippen molar-refractivity contribution in [2.75, 3.05) is 55.3 Å². The molecule has 0 saturated carbocycles. The van der Waals surface area contributed by atoms with Gasteiger partial charge in [-0.1, -0.05) is 11.6 Å². The fourth-order valence-corrected chi connectivity index (χ4v) is 3.23. The first-order chi connectivity index (χ1) is 12.5. The van der Waals surface area contributed by atoms with Crippen LogP contribution in [0.3, 0.4) is 0 Å². The Balaban J connectivity index is 1.50. The summed E-state index contributed by atoms with van der Waals surface area (Å²) in [4.78, 5) is 16.9. The monoisotopic (exact) mass is 372 g/mol. The van der Waals surface area contributed by atoms with Gasteiger partial charge in [-0.2, -0.15) is 0 Å². The first-order valence-electron chi connectivity index (χ1n) is 8.85. The van der Waals surface area contributed by atoms with E-state index >= 15 is 0 Å². The number of likely N-dealkylation sites (N-methyl/N-ethyl adjacent to an activating group) is 1. The molecule has 2 aromatic carbocycles. The van der Waals surface area contributed by atoms with Gasteiger partial charge in [-0.3, -0.25) is 4.79 Å². The van der Waals surface area contributed by atoms with Crippen LogP contribution in [-0.2, 0) is 4.79 Å². The molecule has 6 heteroatoms. The molecule has 1 fully saturated rings. The summed E-state index contributed by atoms with van der Waals surface area (Å²) in [5.74, 6) is -0.0847. The second-order valence-corrected chi connectivity index (χ2v) is 7.13. The number of anilines is 3. The number of aryl methyl sites for hydroxylation is 1. The first-order valence-corrected chi connectivity index (χ1v) is 9.22. The summed E-state index contributed by atoms with van der Waals surface area (Å²) in [6.07, 6.45) is 0. The molecular formula is C20H25ClN4O. The molecule has 138 valence electrons. The van der Waals surface area contributed by atoms with E-state index in [-0.39, 0.29) is 12.5 Å². The van der Waals surface area contributed by atoms with Crippen LogP contribution in [-0.4, -0.2) is 50.6 Å².